The molecule has 3 heteroatoms. The molecule has 0 saturated heterocycles. The van der Waals surface area contributed by atoms with Gasteiger partial charge < -0.3 is 10.5 Å². The van der Waals surface area contributed by atoms with Gasteiger partial charge in [-0.1, -0.05) is 27.4 Å². The minimum absolute atomic E-state index is 0.147. The zero-order valence-electron chi connectivity index (χ0n) is 9.43. The number of carbonyl (C=O) groups excluding carboxylic acids is 1. The zero-order valence-corrected chi connectivity index (χ0v) is 9.43. The van der Waals surface area contributed by atoms with Crippen molar-refractivity contribution in [1.82, 2.24) is 0 Å². The Labute approximate surface area is 86.3 Å². The predicted octanol–water partition coefficient (Wildman–Crippen LogP) is 1.87. The number of hydrogen-bond acceptors (Lipinski definition) is 3. The lowest BCUT2D eigenvalue weighted by Gasteiger charge is -2.27. The molecule has 0 aliphatic carbocycles. The fraction of sp³-hybridized carbons (Fsp3) is 0.727. The molecule has 0 rings (SSSR count). The maximum absolute atomic E-state index is 11.5. The second-order valence-corrected chi connectivity index (χ2v) is 3.67. The van der Waals surface area contributed by atoms with Gasteiger partial charge in [-0.25, -0.2) is 4.79 Å². The third kappa shape index (κ3) is 3.14. The smallest absolute Gasteiger partial charge is 0.334 e. The molecule has 0 atom stereocenters. The Morgan fingerprint density at radius 1 is 1.43 bits per heavy atom. The van der Waals surface area contributed by atoms with Crippen LogP contribution in [0.1, 0.15) is 33.6 Å². The van der Waals surface area contributed by atoms with Crippen LogP contribution in [0.2, 0.25) is 0 Å². The lowest BCUT2D eigenvalue weighted by atomic mass is 9.78. The first-order chi connectivity index (χ1) is 6.51. The molecule has 0 bridgehead atoms. The molecule has 0 aliphatic heterocycles. The molecule has 0 heterocycles. The van der Waals surface area contributed by atoms with Gasteiger partial charge in [0, 0.05) is 12.1 Å². The number of ether oxygens (including phenoxy) is 1. The summed E-state index contributed by atoms with van der Waals surface area (Å²) in [7, 11) is 0. The molecular weight excluding hydrogens is 178 g/mol. The van der Waals surface area contributed by atoms with Crippen LogP contribution in [0.15, 0.2) is 12.2 Å². The highest BCUT2D eigenvalue weighted by molar-refractivity contribution is 5.89. The van der Waals surface area contributed by atoms with Crippen molar-refractivity contribution in [3.63, 3.8) is 0 Å². The Morgan fingerprint density at radius 2 is 1.93 bits per heavy atom. The van der Waals surface area contributed by atoms with Crippen LogP contribution in [-0.2, 0) is 9.53 Å². The number of esters is 1. The Kier molecular flexibility index (Phi) is 5.46. The van der Waals surface area contributed by atoms with Gasteiger partial charge >= 0.3 is 5.97 Å². The number of nitrogens with two attached hydrogens (primary N) is 1. The van der Waals surface area contributed by atoms with Crippen LogP contribution >= 0.6 is 0 Å². The van der Waals surface area contributed by atoms with E-state index in [0.29, 0.717) is 12.1 Å². The fourth-order valence-electron chi connectivity index (χ4n) is 1.16. The molecule has 0 unspecified atom stereocenters. The summed E-state index contributed by atoms with van der Waals surface area (Å²) in [5.74, 6) is -0.318. The summed E-state index contributed by atoms with van der Waals surface area (Å²) in [5.41, 5.74) is 5.65. The molecule has 0 aromatic heterocycles. The molecule has 0 amide bonds. The fourth-order valence-corrected chi connectivity index (χ4v) is 1.16. The normalized spacial score (nSPS) is 11.1. The van der Waals surface area contributed by atoms with Crippen molar-refractivity contribution in [3.05, 3.63) is 12.2 Å². The molecular formula is C11H21NO2. The first kappa shape index (κ1) is 13.2. The molecule has 0 radical (unpaired) electrons. The highest BCUT2D eigenvalue weighted by Crippen LogP contribution is 2.33. The minimum atomic E-state index is -0.318. The highest BCUT2D eigenvalue weighted by atomic mass is 16.5. The summed E-state index contributed by atoms with van der Waals surface area (Å²) in [6.45, 7) is 10.5. The molecule has 0 spiro atoms. The predicted molar refractivity (Wildman–Crippen MR) is 57.8 cm³/mol. The van der Waals surface area contributed by atoms with Crippen LogP contribution in [0, 0.1) is 5.41 Å². The maximum Gasteiger partial charge on any atom is 0.334 e. The van der Waals surface area contributed by atoms with Crippen LogP contribution in [0.25, 0.3) is 0 Å². The topological polar surface area (TPSA) is 52.3 Å². The second-order valence-electron chi connectivity index (χ2n) is 3.67. The van der Waals surface area contributed by atoms with Gasteiger partial charge in [0.25, 0.3) is 0 Å². The van der Waals surface area contributed by atoms with Gasteiger partial charge in [0.1, 0.15) is 6.61 Å². The van der Waals surface area contributed by atoms with Gasteiger partial charge in [0.2, 0.25) is 0 Å². The van der Waals surface area contributed by atoms with E-state index in [0.717, 1.165) is 12.8 Å². The lowest BCUT2D eigenvalue weighted by molar-refractivity contribution is -0.140. The first-order valence-corrected chi connectivity index (χ1v) is 5.08. The third-order valence-corrected chi connectivity index (χ3v) is 2.89. The van der Waals surface area contributed by atoms with E-state index in [1.807, 2.05) is 20.8 Å². The maximum atomic E-state index is 11.5. The Morgan fingerprint density at radius 3 is 2.29 bits per heavy atom. The van der Waals surface area contributed by atoms with Crippen molar-refractivity contribution < 1.29 is 9.53 Å². The van der Waals surface area contributed by atoms with Gasteiger partial charge in [-0.15, -0.1) is 0 Å². The summed E-state index contributed by atoms with van der Waals surface area (Å²) >= 11 is 0. The average Bonchev–Trinajstić information content (AvgIpc) is 2.23. The minimum Gasteiger partial charge on any atom is -0.461 e. The third-order valence-electron chi connectivity index (χ3n) is 2.89. The Balaban J connectivity index is 4.36. The van der Waals surface area contributed by atoms with Crippen molar-refractivity contribution in [3.8, 4) is 0 Å². The van der Waals surface area contributed by atoms with Gasteiger partial charge in [0.05, 0.1) is 0 Å². The van der Waals surface area contributed by atoms with Crippen molar-refractivity contribution >= 4 is 5.97 Å². The van der Waals surface area contributed by atoms with Crippen molar-refractivity contribution in [2.24, 2.45) is 11.1 Å². The van der Waals surface area contributed by atoms with Gasteiger partial charge in [0.15, 0.2) is 0 Å². The highest BCUT2D eigenvalue weighted by Gasteiger charge is 2.29. The van der Waals surface area contributed by atoms with E-state index in [1.54, 1.807) is 0 Å². The molecule has 3 nitrogen and oxygen atoms in total. The van der Waals surface area contributed by atoms with Crippen LogP contribution < -0.4 is 5.73 Å². The van der Waals surface area contributed by atoms with Crippen LogP contribution in [-0.4, -0.2) is 19.1 Å². The largest absolute Gasteiger partial charge is 0.461 e. The summed E-state index contributed by atoms with van der Waals surface area (Å²) in [4.78, 5) is 11.5. The zero-order chi connectivity index (χ0) is 11.2. The van der Waals surface area contributed by atoms with E-state index >= 15 is 0 Å². The number of hydrogen-bond donors (Lipinski definition) is 1. The quantitative estimate of drug-likeness (QED) is 0.525. The molecule has 2 N–H and O–H groups in total. The number of rotatable bonds is 6. The van der Waals surface area contributed by atoms with Crippen molar-refractivity contribution in [2.75, 3.05) is 13.2 Å². The molecule has 0 aliphatic rings. The molecule has 0 fully saturated rings. The van der Waals surface area contributed by atoms with E-state index in [4.69, 9.17) is 10.5 Å². The standard InChI is InChI=1S/C11H21NO2/c1-5-11(4,6-2)9(3)10(13)14-8-7-12/h3,5-8,12H2,1-2,4H3. The number of carbonyl (C=O) groups is 1. The summed E-state index contributed by atoms with van der Waals surface area (Å²) in [6.07, 6.45) is 1.78. The van der Waals surface area contributed by atoms with Crippen molar-refractivity contribution in [1.29, 1.82) is 0 Å². The molecule has 0 aromatic carbocycles. The van der Waals surface area contributed by atoms with E-state index in [2.05, 4.69) is 6.58 Å². The van der Waals surface area contributed by atoms with Crippen LogP contribution in [0.5, 0.6) is 0 Å². The van der Waals surface area contributed by atoms with E-state index in [-0.39, 0.29) is 18.0 Å². The average molecular weight is 199 g/mol. The lowest BCUT2D eigenvalue weighted by Crippen LogP contribution is -2.25. The SMILES string of the molecule is C=C(C(=O)OCCN)C(C)(CC)CC. The Hall–Kier alpha value is -0.830. The molecule has 0 aromatic rings. The van der Waals surface area contributed by atoms with E-state index < -0.39 is 0 Å². The summed E-state index contributed by atoms with van der Waals surface area (Å²) < 4.78 is 4.94. The van der Waals surface area contributed by atoms with Gasteiger partial charge in [-0.3, -0.25) is 0 Å². The van der Waals surface area contributed by atoms with Crippen LogP contribution in [0.3, 0.4) is 0 Å². The molecule has 0 saturated carbocycles. The Bertz CT molecular complexity index is 207. The molecule has 14 heavy (non-hydrogen) atoms. The first-order valence-electron chi connectivity index (χ1n) is 5.08. The second kappa shape index (κ2) is 5.81. The van der Waals surface area contributed by atoms with Crippen molar-refractivity contribution in [2.45, 2.75) is 33.6 Å². The summed E-state index contributed by atoms with van der Waals surface area (Å²) in [5, 5.41) is 0. The van der Waals surface area contributed by atoms with E-state index in [9.17, 15) is 4.79 Å². The monoisotopic (exact) mass is 199 g/mol. The van der Waals surface area contributed by atoms with E-state index in [1.165, 1.54) is 0 Å². The van der Waals surface area contributed by atoms with Crippen LogP contribution in [0.4, 0.5) is 0 Å². The molecule has 82 valence electrons. The van der Waals surface area contributed by atoms with Gasteiger partial charge in [-0.05, 0) is 18.3 Å². The van der Waals surface area contributed by atoms with Gasteiger partial charge in [-0.2, -0.15) is 0 Å². The summed E-state index contributed by atoms with van der Waals surface area (Å²) in [6, 6.07) is 0.